The van der Waals surface area contributed by atoms with E-state index in [2.05, 4.69) is 10.6 Å². The Hall–Kier alpha value is -2.77. The zero-order valence-electron chi connectivity index (χ0n) is 14.2. The van der Waals surface area contributed by atoms with Crippen LogP contribution in [0.3, 0.4) is 0 Å². The number of nitrogens with one attached hydrogen (secondary N) is 2. The molecule has 24 heavy (non-hydrogen) atoms. The first-order chi connectivity index (χ1) is 11.4. The maximum absolute atomic E-state index is 12.0. The molecule has 0 heterocycles. The molecular weight excluding hydrogens is 316 g/mol. The van der Waals surface area contributed by atoms with Gasteiger partial charge in [-0.25, -0.2) is 4.79 Å². The van der Waals surface area contributed by atoms with Gasteiger partial charge in [-0.15, -0.1) is 0 Å². The van der Waals surface area contributed by atoms with Gasteiger partial charge < -0.3 is 24.8 Å². The summed E-state index contributed by atoms with van der Waals surface area (Å²) in [6.07, 6.45) is 0. The van der Waals surface area contributed by atoms with Crippen LogP contribution >= 0.6 is 0 Å². The Kier molecular flexibility index (Phi) is 7.54. The molecule has 1 aromatic rings. The van der Waals surface area contributed by atoms with Gasteiger partial charge in [0.25, 0.3) is 5.91 Å². The zero-order valence-corrected chi connectivity index (χ0v) is 14.2. The average molecular weight is 338 g/mol. The first kappa shape index (κ1) is 19.3. The van der Waals surface area contributed by atoms with Crippen molar-refractivity contribution in [3.05, 3.63) is 23.8 Å². The van der Waals surface area contributed by atoms with Gasteiger partial charge in [0.05, 0.1) is 19.8 Å². The zero-order chi connectivity index (χ0) is 18.1. The van der Waals surface area contributed by atoms with Gasteiger partial charge in [-0.1, -0.05) is 0 Å². The lowest BCUT2D eigenvalue weighted by atomic mass is 10.2. The Morgan fingerprint density at radius 3 is 2.17 bits per heavy atom. The van der Waals surface area contributed by atoms with Crippen molar-refractivity contribution in [1.29, 1.82) is 0 Å². The van der Waals surface area contributed by atoms with E-state index in [1.54, 1.807) is 13.0 Å². The van der Waals surface area contributed by atoms with Gasteiger partial charge in [0.15, 0.2) is 6.61 Å². The molecule has 0 saturated heterocycles. The van der Waals surface area contributed by atoms with Crippen LogP contribution in [0.15, 0.2) is 18.2 Å². The SMILES string of the molecule is CCNC(=O)[C@H](C)NC(=O)COC(=O)c1cc(OC)cc(OC)c1. The van der Waals surface area contributed by atoms with E-state index in [0.717, 1.165) is 0 Å². The van der Waals surface area contributed by atoms with Crippen molar-refractivity contribution >= 4 is 17.8 Å². The van der Waals surface area contributed by atoms with E-state index >= 15 is 0 Å². The number of carbonyl (C=O) groups excluding carboxylic acids is 3. The third-order valence-corrected chi connectivity index (χ3v) is 3.04. The van der Waals surface area contributed by atoms with Gasteiger partial charge in [-0.05, 0) is 26.0 Å². The number of amides is 2. The molecule has 0 radical (unpaired) electrons. The molecule has 0 bridgehead atoms. The summed E-state index contributed by atoms with van der Waals surface area (Å²) in [6, 6.07) is 3.84. The summed E-state index contributed by atoms with van der Waals surface area (Å²) in [6.45, 7) is 3.28. The number of benzene rings is 1. The molecule has 0 aliphatic carbocycles. The fourth-order valence-electron chi connectivity index (χ4n) is 1.82. The molecule has 0 aromatic heterocycles. The molecule has 8 heteroatoms. The molecule has 1 aromatic carbocycles. The Balaban J connectivity index is 2.59. The van der Waals surface area contributed by atoms with Crippen LogP contribution < -0.4 is 20.1 Å². The number of likely N-dealkylation sites (N-methyl/N-ethyl adjacent to an activating group) is 1. The third kappa shape index (κ3) is 5.79. The maximum Gasteiger partial charge on any atom is 0.338 e. The van der Waals surface area contributed by atoms with Crippen LogP contribution in [-0.2, 0) is 14.3 Å². The highest BCUT2D eigenvalue weighted by molar-refractivity contribution is 5.93. The Bertz CT molecular complexity index is 580. The minimum absolute atomic E-state index is 0.191. The van der Waals surface area contributed by atoms with Crippen LogP contribution in [0.2, 0.25) is 0 Å². The molecule has 1 atom stereocenters. The summed E-state index contributed by atoms with van der Waals surface area (Å²) >= 11 is 0. The summed E-state index contributed by atoms with van der Waals surface area (Å²) in [5.74, 6) is -0.731. The van der Waals surface area contributed by atoms with Crippen LogP contribution in [0.25, 0.3) is 0 Å². The molecule has 0 unspecified atom stereocenters. The molecule has 0 fully saturated rings. The van der Waals surface area contributed by atoms with Gasteiger partial charge in [-0.3, -0.25) is 9.59 Å². The lowest BCUT2D eigenvalue weighted by molar-refractivity contribution is -0.130. The van der Waals surface area contributed by atoms with Gasteiger partial charge in [0.2, 0.25) is 5.91 Å². The highest BCUT2D eigenvalue weighted by atomic mass is 16.5. The second-order valence-electron chi connectivity index (χ2n) is 4.86. The number of ether oxygens (including phenoxy) is 3. The Morgan fingerprint density at radius 1 is 1.08 bits per heavy atom. The van der Waals surface area contributed by atoms with E-state index in [0.29, 0.717) is 18.0 Å². The Morgan fingerprint density at radius 2 is 1.67 bits per heavy atom. The molecular formula is C16H22N2O6. The number of hydrogen-bond acceptors (Lipinski definition) is 6. The lowest BCUT2D eigenvalue weighted by Crippen LogP contribution is -2.46. The van der Waals surface area contributed by atoms with Gasteiger partial charge in [0, 0.05) is 12.6 Å². The fourth-order valence-corrected chi connectivity index (χ4v) is 1.82. The molecule has 0 aliphatic heterocycles. The number of carbonyl (C=O) groups is 3. The fraction of sp³-hybridized carbons (Fsp3) is 0.438. The molecule has 2 N–H and O–H groups in total. The second-order valence-corrected chi connectivity index (χ2v) is 4.86. The first-order valence-electron chi connectivity index (χ1n) is 7.38. The third-order valence-electron chi connectivity index (χ3n) is 3.04. The van der Waals surface area contributed by atoms with E-state index in [4.69, 9.17) is 14.2 Å². The predicted octanol–water partition coefficient (Wildman–Crippen LogP) is 0.501. The van der Waals surface area contributed by atoms with Crippen molar-refractivity contribution in [3.63, 3.8) is 0 Å². The maximum atomic E-state index is 12.0. The minimum Gasteiger partial charge on any atom is -0.497 e. The van der Waals surface area contributed by atoms with Crippen LogP contribution in [0.4, 0.5) is 0 Å². The van der Waals surface area contributed by atoms with Gasteiger partial charge in [0.1, 0.15) is 17.5 Å². The van der Waals surface area contributed by atoms with E-state index in [9.17, 15) is 14.4 Å². The summed E-state index contributed by atoms with van der Waals surface area (Å²) in [4.78, 5) is 35.3. The van der Waals surface area contributed by atoms with Crippen LogP contribution in [0.1, 0.15) is 24.2 Å². The smallest absolute Gasteiger partial charge is 0.338 e. The summed E-state index contributed by atoms with van der Waals surface area (Å²) in [5, 5.41) is 5.02. The van der Waals surface area contributed by atoms with E-state index in [-0.39, 0.29) is 11.5 Å². The Labute approximate surface area is 140 Å². The van der Waals surface area contributed by atoms with Gasteiger partial charge in [-0.2, -0.15) is 0 Å². The first-order valence-corrected chi connectivity index (χ1v) is 7.38. The average Bonchev–Trinajstić information content (AvgIpc) is 2.59. The molecule has 0 spiro atoms. The van der Waals surface area contributed by atoms with Crippen molar-refractivity contribution in [2.75, 3.05) is 27.4 Å². The monoisotopic (exact) mass is 338 g/mol. The van der Waals surface area contributed by atoms with E-state index in [1.807, 2.05) is 0 Å². The number of esters is 1. The van der Waals surface area contributed by atoms with Crippen molar-refractivity contribution in [1.82, 2.24) is 10.6 Å². The quantitative estimate of drug-likeness (QED) is 0.669. The van der Waals surface area contributed by atoms with Crippen LogP contribution in [0.5, 0.6) is 11.5 Å². The highest BCUT2D eigenvalue weighted by Crippen LogP contribution is 2.22. The standard InChI is InChI=1S/C16H22N2O6/c1-5-17-15(20)10(2)18-14(19)9-24-16(21)11-6-12(22-3)8-13(7-11)23-4/h6-8,10H,5,9H2,1-4H3,(H,17,20)(H,18,19)/t10-/m0/s1. The number of hydrogen-bond donors (Lipinski definition) is 2. The van der Waals surface area contributed by atoms with Crippen molar-refractivity contribution in [2.24, 2.45) is 0 Å². The topological polar surface area (TPSA) is 103 Å². The predicted molar refractivity (Wildman–Crippen MR) is 86.1 cm³/mol. The normalized spacial score (nSPS) is 11.2. The van der Waals surface area contributed by atoms with Crippen molar-refractivity contribution in [3.8, 4) is 11.5 Å². The second kappa shape index (κ2) is 9.39. The number of rotatable bonds is 8. The molecule has 0 saturated carbocycles. The molecule has 2 amide bonds. The van der Waals surface area contributed by atoms with Gasteiger partial charge >= 0.3 is 5.97 Å². The highest BCUT2D eigenvalue weighted by Gasteiger charge is 2.17. The summed E-state index contributed by atoms with van der Waals surface area (Å²) in [5.41, 5.74) is 0.191. The van der Waals surface area contributed by atoms with E-state index in [1.165, 1.54) is 33.3 Å². The van der Waals surface area contributed by atoms with Crippen LogP contribution in [-0.4, -0.2) is 51.2 Å². The van der Waals surface area contributed by atoms with Crippen LogP contribution in [0, 0.1) is 0 Å². The minimum atomic E-state index is -0.715. The summed E-state index contributed by atoms with van der Waals surface area (Å²) in [7, 11) is 2.92. The molecule has 1 rings (SSSR count). The van der Waals surface area contributed by atoms with Crippen molar-refractivity contribution in [2.45, 2.75) is 19.9 Å². The van der Waals surface area contributed by atoms with Crippen molar-refractivity contribution < 1.29 is 28.6 Å². The molecule has 0 aliphatic rings. The number of methoxy groups -OCH3 is 2. The largest absolute Gasteiger partial charge is 0.497 e. The molecule has 132 valence electrons. The summed E-state index contributed by atoms with van der Waals surface area (Å²) < 4.78 is 15.1. The van der Waals surface area contributed by atoms with E-state index < -0.39 is 24.5 Å². The molecule has 8 nitrogen and oxygen atoms in total. The lowest BCUT2D eigenvalue weighted by Gasteiger charge is -2.13.